The maximum Gasteiger partial charge on any atom is 0.290 e. The Labute approximate surface area is 98.8 Å². The van der Waals surface area contributed by atoms with E-state index >= 15 is 0 Å². The normalized spacial score (nSPS) is 12.4. The molecule has 0 spiro atoms. The Morgan fingerprint density at radius 2 is 2.18 bits per heavy atom. The molecular weight excluding hydrogens is 220 g/mol. The third-order valence-electron chi connectivity index (χ3n) is 2.39. The van der Waals surface area contributed by atoms with Crippen molar-refractivity contribution in [1.29, 1.82) is 0 Å². The highest BCUT2D eigenvalue weighted by Gasteiger charge is 2.17. The molecule has 1 amide bonds. The van der Waals surface area contributed by atoms with Crippen LogP contribution in [-0.2, 0) is 0 Å². The van der Waals surface area contributed by atoms with Crippen LogP contribution in [0.3, 0.4) is 0 Å². The summed E-state index contributed by atoms with van der Waals surface area (Å²) in [6, 6.07) is 5.08. The van der Waals surface area contributed by atoms with Crippen LogP contribution < -0.4 is 5.32 Å². The molecule has 1 atom stereocenters. The molecule has 2 aromatic heterocycles. The van der Waals surface area contributed by atoms with Gasteiger partial charge < -0.3 is 14.3 Å². The molecule has 90 valence electrons. The van der Waals surface area contributed by atoms with Gasteiger partial charge in [0.15, 0.2) is 0 Å². The first-order valence-electron chi connectivity index (χ1n) is 5.37. The number of aromatic nitrogens is 1. The molecular formula is C12H14N2O3. The number of amides is 1. The van der Waals surface area contributed by atoms with Gasteiger partial charge in [0.25, 0.3) is 5.91 Å². The summed E-state index contributed by atoms with van der Waals surface area (Å²) in [6.07, 6.45) is 0. The molecule has 0 bridgehead atoms. The predicted octanol–water partition coefficient (Wildman–Crippen LogP) is 2.38. The van der Waals surface area contributed by atoms with Crippen molar-refractivity contribution in [3.8, 4) is 0 Å². The van der Waals surface area contributed by atoms with Gasteiger partial charge in [-0.3, -0.25) is 4.79 Å². The monoisotopic (exact) mass is 234 g/mol. The number of hydrogen-bond acceptors (Lipinski definition) is 4. The quantitative estimate of drug-likeness (QED) is 0.885. The zero-order valence-electron chi connectivity index (χ0n) is 9.98. The van der Waals surface area contributed by atoms with Gasteiger partial charge >= 0.3 is 0 Å². The number of carbonyl (C=O) groups excluding carboxylic acids is 1. The van der Waals surface area contributed by atoms with E-state index < -0.39 is 0 Å². The van der Waals surface area contributed by atoms with Gasteiger partial charge in [-0.05, 0) is 32.9 Å². The first kappa shape index (κ1) is 11.4. The Kier molecular flexibility index (Phi) is 2.99. The predicted molar refractivity (Wildman–Crippen MR) is 60.6 cm³/mol. The highest BCUT2D eigenvalue weighted by atomic mass is 16.5. The molecule has 2 rings (SSSR count). The Morgan fingerprint density at radius 3 is 2.71 bits per heavy atom. The van der Waals surface area contributed by atoms with E-state index in [9.17, 15) is 4.79 Å². The van der Waals surface area contributed by atoms with Crippen LogP contribution in [0.4, 0.5) is 0 Å². The summed E-state index contributed by atoms with van der Waals surface area (Å²) in [6.45, 7) is 5.47. The van der Waals surface area contributed by atoms with Crippen LogP contribution in [0.5, 0.6) is 0 Å². The molecule has 0 saturated heterocycles. The molecule has 17 heavy (non-hydrogen) atoms. The maximum atomic E-state index is 11.8. The molecule has 0 radical (unpaired) electrons. The van der Waals surface area contributed by atoms with Gasteiger partial charge in [-0.25, -0.2) is 0 Å². The second-order valence-electron chi connectivity index (χ2n) is 3.98. The van der Waals surface area contributed by atoms with Crippen molar-refractivity contribution in [2.24, 2.45) is 0 Å². The number of nitrogens with zero attached hydrogens (tertiary/aromatic N) is 1. The summed E-state index contributed by atoms with van der Waals surface area (Å²) in [5.41, 5.74) is 0.677. The second-order valence-corrected chi connectivity index (χ2v) is 3.98. The number of carbonyl (C=O) groups is 1. The smallest absolute Gasteiger partial charge is 0.290 e. The van der Waals surface area contributed by atoms with E-state index in [0.29, 0.717) is 11.5 Å². The Hall–Kier alpha value is -2.04. The van der Waals surface area contributed by atoms with Crippen LogP contribution in [0, 0.1) is 13.8 Å². The van der Waals surface area contributed by atoms with Gasteiger partial charge in [0.1, 0.15) is 11.5 Å². The van der Waals surface area contributed by atoms with E-state index in [0.717, 1.165) is 5.76 Å². The van der Waals surface area contributed by atoms with Crippen molar-refractivity contribution in [1.82, 2.24) is 10.5 Å². The van der Waals surface area contributed by atoms with Crippen LogP contribution in [0.2, 0.25) is 0 Å². The number of hydrogen-bond donors (Lipinski definition) is 1. The summed E-state index contributed by atoms with van der Waals surface area (Å²) < 4.78 is 10.3. The summed E-state index contributed by atoms with van der Waals surface area (Å²) in [5.74, 6) is 1.44. The molecule has 0 aromatic carbocycles. The van der Waals surface area contributed by atoms with Gasteiger partial charge in [-0.1, -0.05) is 5.16 Å². The number of rotatable bonds is 3. The van der Waals surface area contributed by atoms with Gasteiger partial charge in [0, 0.05) is 6.07 Å². The van der Waals surface area contributed by atoms with E-state index in [1.807, 2.05) is 26.0 Å². The van der Waals surface area contributed by atoms with Gasteiger partial charge in [0.2, 0.25) is 5.76 Å². The fraction of sp³-hybridized carbons (Fsp3) is 0.333. The van der Waals surface area contributed by atoms with Crippen LogP contribution >= 0.6 is 0 Å². The molecule has 5 heteroatoms. The van der Waals surface area contributed by atoms with Crippen molar-refractivity contribution in [2.45, 2.75) is 26.8 Å². The highest BCUT2D eigenvalue weighted by Crippen LogP contribution is 2.16. The zero-order valence-corrected chi connectivity index (χ0v) is 9.98. The van der Waals surface area contributed by atoms with Crippen LogP contribution in [0.15, 0.2) is 27.1 Å². The Bertz CT molecular complexity index is 527. The minimum atomic E-state index is -0.299. The summed E-state index contributed by atoms with van der Waals surface area (Å²) >= 11 is 0. The highest BCUT2D eigenvalue weighted by molar-refractivity contribution is 5.91. The van der Waals surface area contributed by atoms with Crippen LogP contribution in [0.25, 0.3) is 0 Å². The van der Waals surface area contributed by atoms with E-state index in [-0.39, 0.29) is 17.7 Å². The Morgan fingerprint density at radius 1 is 1.41 bits per heavy atom. The van der Waals surface area contributed by atoms with Gasteiger partial charge in [0.05, 0.1) is 11.7 Å². The summed E-state index contributed by atoms with van der Waals surface area (Å²) in [4.78, 5) is 11.8. The lowest BCUT2D eigenvalue weighted by atomic mass is 10.2. The minimum Gasteiger partial charge on any atom is -0.464 e. The lowest BCUT2D eigenvalue weighted by molar-refractivity contribution is 0.0897. The van der Waals surface area contributed by atoms with E-state index in [1.165, 1.54) is 0 Å². The molecule has 0 aliphatic carbocycles. The third-order valence-corrected chi connectivity index (χ3v) is 2.39. The molecule has 2 heterocycles. The molecule has 0 aliphatic rings. The average molecular weight is 234 g/mol. The van der Waals surface area contributed by atoms with E-state index in [4.69, 9.17) is 8.94 Å². The zero-order chi connectivity index (χ0) is 12.4. The van der Waals surface area contributed by atoms with Gasteiger partial charge in [-0.2, -0.15) is 0 Å². The SMILES string of the molecule is Cc1cc(C(=O)N[C@H](C)c2ccc(C)o2)on1. The minimum absolute atomic E-state index is 0.206. The molecule has 0 aliphatic heterocycles. The first-order valence-corrected chi connectivity index (χ1v) is 5.37. The molecule has 0 fully saturated rings. The van der Waals surface area contributed by atoms with Crippen molar-refractivity contribution in [3.05, 3.63) is 41.2 Å². The first-order chi connectivity index (χ1) is 8.06. The number of nitrogens with one attached hydrogen (secondary N) is 1. The fourth-order valence-electron chi connectivity index (χ4n) is 1.50. The number of furan rings is 1. The average Bonchev–Trinajstić information content (AvgIpc) is 2.87. The molecule has 1 N–H and O–H groups in total. The molecule has 0 saturated carbocycles. The van der Waals surface area contributed by atoms with Crippen molar-refractivity contribution < 1.29 is 13.7 Å². The topological polar surface area (TPSA) is 68.3 Å². The third kappa shape index (κ3) is 2.55. The lowest BCUT2D eigenvalue weighted by Gasteiger charge is -2.09. The summed E-state index contributed by atoms with van der Waals surface area (Å²) in [5, 5.41) is 6.44. The molecule has 2 aromatic rings. The maximum absolute atomic E-state index is 11.8. The van der Waals surface area contributed by atoms with Crippen LogP contribution in [-0.4, -0.2) is 11.1 Å². The molecule has 5 nitrogen and oxygen atoms in total. The van der Waals surface area contributed by atoms with Gasteiger partial charge in [-0.15, -0.1) is 0 Å². The molecule has 0 unspecified atom stereocenters. The van der Waals surface area contributed by atoms with Crippen molar-refractivity contribution >= 4 is 5.91 Å². The second kappa shape index (κ2) is 4.45. The van der Waals surface area contributed by atoms with Crippen molar-refractivity contribution in [2.75, 3.05) is 0 Å². The van der Waals surface area contributed by atoms with E-state index in [1.54, 1.807) is 13.0 Å². The lowest BCUT2D eigenvalue weighted by Crippen LogP contribution is -2.25. The fourth-order valence-corrected chi connectivity index (χ4v) is 1.50. The Balaban J connectivity index is 2.04. The van der Waals surface area contributed by atoms with Crippen molar-refractivity contribution in [3.63, 3.8) is 0 Å². The standard InChI is InChI=1S/C12H14N2O3/c1-7-6-11(17-14-7)12(15)13-9(3)10-5-4-8(2)16-10/h4-6,9H,1-3H3,(H,13,15)/t9-/m1/s1. The summed E-state index contributed by atoms with van der Waals surface area (Å²) in [7, 11) is 0. The number of aryl methyl sites for hydroxylation is 2. The van der Waals surface area contributed by atoms with E-state index in [2.05, 4.69) is 10.5 Å². The van der Waals surface area contributed by atoms with Crippen LogP contribution in [0.1, 0.15) is 40.7 Å². The largest absolute Gasteiger partial charge is 0.464 e.